The van der Waals surface area contributed by atoms with Gasteiger partial charge in [0.25, 0.3) is 0 Å². The molecule has 0 radical (unpaired) electrons. The smallest absolute Gasteiger partial charge is 0.374 e. The molecule has 21 heavy (non-hydrogen) atoms. The second-order valence-electron chi connectivity index (χ2n) is 5.61. The van der Waals surface area contributed by atoms with Crippen LogP contribution in [0.5, 0.6) is 0 Å². The second-order valence-corrected chi connectivity index (χ2v) is 5.61. The van der Waals surface area contributed by atoms with Crippen LogP contribution in [0, 0.1) is 5.92 Å². The molecule has 0 bridgehead atoms. The Hall–Kier alpha value is -1.57. The number of nitrogens with zero attached hydrogens (tertiary/aromatic N) is 3. The summed E-state index contributed by atoms with van der Waals surface area (Å²) in [5.74, 6) is -0.959. The largest absolute Gasteiger partial charge is 0.425 e. The quantitative estimate of drug-likeness (QED) is 0.895. The lowest BCUT2D eigenvalue weighted by atomic mass is 9.96. The molecule has 1 aliphatic carbocycles. The van der Waals surface area contributed by atoms with E-state index in [1.165, 1.54) is 25.2 Å². The number of hydrogen-bond donors (Lipinski definition) is 1. The predicted molar refractivity (Wildman–Crippen MR) is 68.1 cm³/mol. The number of carbonyl (C=O) groups excluding carboxylic acids is 1. The molecular weight excluding hydrogens is 287 g/mol. The first-order chi connectivity index (χ1) is 9.65. The highest BCUT2D eigenvalue weighted by Crippen LogP contribution is 2.41. The molecule has 1 aromatic rings. The number of amides is 1. The van der Waals surface area contributed by atoms with E-state index in [0.717, 1.165) is 23.6 Å². The summed E-state index contributed by atoms with van der Waals surface area (Å²) in [7, 11) is 2.80. The van der Waals surface area contributed by atoms with Gasteiger partial charge in [-0.15, -0.1) is 0 Å². The minimum atomic E-state index is -4.98. The zero-order chi connectivity index (χ0) is 15.8. The van der Waals surface area contributed by atoms with E-state index in [2.05, 4.69) is 4.98 Å². The predicted octanol–water partition coefficient (Wildman–Crippen LogP) is 1.43. The zero-order valence-corrected chi connectivity index (χ0v) is 11.9. The van der Waals surface area contributed by atoms with Crippen molar-refractivity contribution in [2.45, 2.75) is 31.0 Å². The molecule has 5 nitrogen and oxygen atoms in total. The Morgan fingerprint density at radius 3 is 2.57 bits per heavy atom. The van der Waals surface area contributed by atoms with Crippen molar-refractivity contribution in [1.29, 1.82) is 0 Å². The maximum Gasteiger partial charge on any atom is 0.425 e. The monoisotopic (exact) mass is 305 g/mol. The summed E-state index contributed by atoms with van der Waals surface area (Å²) in [5, 5.41) is 10.1. The first-order valence-corrected chi connectivity index (χ1v) is 6.66. The average molecular weight is 305 g/mol. The summed E-state index contributed by atoms with van der Waals surface area (Å²) in [5.41, 5.74) is -3.28. The van der Waals surface area contributed by atoms with Gasteiger partial charge in [0.05, 0.1) is 6.42 Å². The van der Waals surface area contributed by atoms with Crippen molar-refractivity contribution < 1.29 is 23.1 Å². The van der Waals surface area contributed by atoms with Crippen LogP contribution >= 0.6 is 0 Å². The molecule has 1 saturated carbocycles. The summed E-state index contributed by atoms with van der Waals surface area (Å²) in [6.45, 7) is 0.424. The van der Waals surface area contributed by atoms with Crippen LogP contribution in [0.15, 0.2) is 12.4 Å². The standard InChI is InChI=1S/C13H18F3N3O2/c1-18-6-5-17-11(18)12(21,13(14,15)16)7-10(20)19(2)8-9-3-4-9/h5-6,9,21H,3-4,7-8H2,1-2H3. The van der Waals surface area contributed by atoms with Gasteiger partial charge in [-0.05, 0) is 18.8 Å². The van der Waals surface area contributed by atoms with Gasteiger partial charge in [0.1, 0.15) is 0 Å². The molecule has 1 amide bonds. The molecule has 0 aliphatic heterocycles. The van der Waals surface area contributed by atoms with Crippen LogP contribution in [0.2, 0.25) is 0 Å². The van der Waals surface area contributed by atoms with Crippen molar-refractivity contribution in [2.24, 2.45) is 13.0 Å². The fourth-order valence-corrected chi connectivity index (χ4v) is 2.21. The topological polar surface area (TPSA) is 58.4 Å². The van der Waals surface area contributed by atoms with Gasteiger partial charge in [-0.25, -0.2) is 4.98 Å². The minimum Gasteiger partial charge on any atom is -0.374 e. The molecule has 0 spiro atoms. The molecule has 1 fully saturated rings. The number of hydrogen-bond acceptors (Lipinski definition) is 3. The Bertz CT molecular complexity index is 525. The molecular formula is C13H18F3N3O2. The lowest BCUT2D eigenvalue weighted by Crippen LogP contribution is -2.48. The Balaban J connectivity index is 2.20. The third-order valence-electron chi connectivity index (χ3n) is 3.72. The first-order valence-electron chi connectivity index (χ1n) is 6.66. The lowest BCUT2D eigenvalue weighted by Gasteiger charge is -2.31. The number of alkyl halides is 3. The molecule has 1 N–H and O–H groups in total. The Labute approximate surface area is 120 Å². The molecule has 1 unspecified atom stereocenters. The number of carbonyl (C=O) groups is 1. The molecule has 1 aromatic heterocycles. The first kappa shape index (κ1) is 15.8. The molecule has 1 heterocycles. The Kier molecular flexibility index (Phi) is 4.01. The van der Waals surface area contributed by atoms with Crippen LogP contribution in [0.3, 0.4) is 0 Å². The summed E-state index contributed by atoms with van der Waals surface area (Å²) in [4.78, 5) is 16.8. The summed E-state index contributed by atoms with van der Waals surface area (Å²) < 4.78 is 40.9. The van der Waals surface area contributed by atoms with Gasteiger partial charge in [0.2, 0.25) is 11.5 Å². The third kappa shape index (κ3) is 3.20. The van der Waals surface area contributed by atoms with Crippen molar-refractivity contribution in [3.8, 4) is 0 Å². The minimum absolute atomic E-state index is 0.367. The van der Waals surface area contributed by atoms with E-state index in [1.807, 2.05) is 0 Å². The van der Waals surface area contributed by atoms with E-state index in [1.54, 1.807) is 0 Å². The summed E-state index contributed by atoms with van der Waals surface area (Å²) in [6, 6.07) is 0. The van der Waals surface area contributed by atoms with Crippen LogP contribution in [0.1, 0.15) is 25.1 Å². The van der Waals surface area contributed by atoms with Gasteiger partial charge < -0.3 is 14.6 Å². The molecule has 118 valence electrons. The van der Waals surface area contributed by atoms with Crippen molar-refractivity contribution in [3.05, 3.63) is 18.2 Å². The van der Waals surface area contributed by atoms with E-state index in [9.17, 15) is 23.1 Å². The molecule has 1 aliphatic rings. The molecule has 2 rings (SSSR count). The van der Waals surface area contributed by atoms with Gasteiger partial charge in [-0.3, -0.25) is 4.79 Å². The number of aryl methyl sites for hydroxylation is 1. The normalized spacial score (nSPS) is 18.4. The van der Waals surface area contributed by atoms with Gasteiger partial charge in [-0.1, -0.05) is 0 Å². The maximum atomic E-state index is 13.3. The zero-order valence-electron chi connectivity index (χ0n) is 11.9. The van der Waals surface area contributed by atoms with Gasteiger partial charge in [-0.2, -0.15) is 13.2 Å². The number of rotatable bonds is 5. The van der Waals surface area contributed by atoms with Crippen molar-refractivity contribution in [1.82, 2.24) is 14.5 Å². The van der Waals surface area contributed by atoms with E-state index in [4.69, 9.17) is 0 Å². The van der Waals surface area contributed by atoms with Crippen LogP contribution in [-0.4, -0.2) is 45.2 Å². The van der Waals surface area contributed by atoms with Crippen molar-refractivity contribution >= 4 is 5.91 Å². The SMILES string of the molecule is CN(CC1CC1)C(=O)CC(O)(c1nccn1C)C(F)(F)F. The molecule has 8 heteroatoms. The Morgan fingerprint density at radius 1 is 1.52 bits per heavy atom. The average Bonchev–Trinajstić information content (AvgIpc) is 3.06. The summed E-state index contributed by atoms with van der Waals surface area (Å²) >= 11 is 0. The van der Waals surface area contributed by atoms with Crippen molar-refractivity contribution in [2.75, 3.05) is 13.6 Å². The van der Waals surface area contributed by atoms with Crippen LogP contribution < -0.4 is 0 Å². The summed E-state index contributed by atoms with van der Waals surface area (Å²) in [6.07, 6.45) is -1.62. The van der Waals surface area contributed by atoms with Gasteiger partial charge in [0, 0.05) is 33.0 Å². The van der Waals surface area contributed by atoms with Crippen LogP contribution in [0.4, 0.5) is 13.2 Å². The van der Waals surface area contributed by atoms with Gasteiger partial charge in [0.15, 0.2) is 5.82 Å². The number of imidazole rings is 1. The highest BCUT2D eigenvalue weighted by atomic mass is 19.4. The van der Waals surface area contributed by atoms with E-state index in [0.29, 0.717) is 12.5 Å². The van der Waals surface area contributed by atoms with E-state index >= 15 is 0 Å². The highest BCUT2D eigenvalue weighted by Gasteiger charge is 2.58. The Morgan fingerprint density at radius 2 is 2.14 bits per heavy atom. The second kappa shape index (κ2) is 5.32. The van der Waals surface area contributed by atoms with E-state index < -0.39 is 29.9 Å². The molecule has 0 saturated heterocycles. The lowest BCUT2D eigenvalue weighted by molar-refractivity contribution is -0.271. The van der Waals surface area contributed by atoms with Gasteiger partial charge >= 0.3 is 6.18 Å². The molecule has 1 atom stereocenters. The molecule has 0 aromatic carbocycles. The van der Waals surface area contributed by atoms with Crippen molar-refractivity contribution in [3.63, 3.8) is 0 Å². The number of halogens is 3. The highest BCUT2D eigenvalue weighted by molar-refractivity contribution is 5.77. The third-order valence-corrected chi connectivity index (χ3v) is 3.72. The number of aliphatic hydroxyl groups is 1. The fourth-order valence-electron chi connectivity index (χ4n) is 2.21. The van der Waals surface area contributed by atoms with Crippen LogP contribution in [0.25, 0.3) is 0 Å². The van der Waals surface area contributed by atoms with Crippen LogP contribution in [-0.2, 0) is 17.4 Å². The van der Waals surface area contributed by atoms with E-state index in [-0.39, 0.29) is 0 Å². The number of aromatic nitrogens is 2. The fraction of sp³-hybridized carbons (Fsp3) is 0.692. The maximum absolute atomic E-state index is 13.3.